The minimum atomic E-state index is -0.504. The molecule has 31 heavy (non-hydrogen) atoms. The van der Waals surface area contributed by atoms with E-state index in [1.807, 2.05) is 9.80 Å². The number of likely N-dealkylation sites (tertiary alicyclic amines) is 2. The highest BCUT2D eigenvalue weighted by atomic mass is 16.5. The van der Waals surface area contributed by atoms with Crippen LogP contribution >= 0.6 is 0 Å². The third-order valence-corrected chi connectivity index (χ3v) is 7.81. The number of rotatable bonds is 4. The maximum absolute atomic E-state index is 13.4. The van der Waals surface area contributed by atoms with Crippen LogP contribution in [0.1, 0.15) is 62.7 Å². The second-order valence-electron chi connectivity index (χ2n) is 10.2. The Morgan fingerprint density at radius 3 is 2.48 bits per heavy atom. The largest absolute Gasteiger partial charge is 0.361 e. The van der Waals surface area contributed by atoms with Crippen LogP contribution in [0.4, 0.5) is 0 Å². The second-order valence-corrected chi connectivity index (χ2v) is 10.2. The van der Waals surface area contributed by atoms with Crippen LogP contribution in [0.5, 0.6) is 0 Å². The summed E-state index contributed by atoms with van der Waals surface area (Å²) >= 11 is 0. The van der Waals surface area contributed by atoms with Gasteiger partial charge in [-0.05, 0) is 49.9 Å². The molecule has 3 amide bonds. The molecule has 0 unspecified atom stereocenters. The lowest BCUT2D eigenvalue weighted by molar-refractivity contribution is -0.133. The number of aromatic nitrogens is 1. The van der Waals surface area contributed by atoms with E-state index < -0.39 is 5.41 Å². The highest BCUT2D eigenvalue weighted by molar-refractivity contribution is 5.92. The standard InChI is InChI=1S/C23H34N4O4/c1-15(2)12-24-21(30)23-6-5-22(19(23)13-27(14-23)17(4)28)7-9-26(10-8-22)20(29)18-11-16(3)31-25-18/h11,15,19H,5-10,12-14H2,1-4H3,(H,24,30)/t19-,23+/m0/s1. The molecular weight excluding hydrogens is 396 g/mol. The molecule has 0 aromatic carbocycles. The fourth-order valence-corrected chi connectivity index (χ4v) is 6.03. The highest BCUT2D eigenvalue weighted by Crippen LogP contribution is 2.62. The molecule has 8 nitrogen and oxygen atoms in total. The summed E-state index contributed by atoms with van der Waals surface area (Å²) in [6, 6.07) is 1.67. The Kier molecular flexibility index (Phi) is 5.60. The molecule has 1 aliphatic carbocycles. The van der Waals surface area contributed by atoms with Crippen LogP contribution in [0.3, 0.4) is 0 Å². The fourth-order valence-electron chi connectivity index (χ4n) is 6.03. The van der Waals surface area contributed by atoms with E-state index in [2.05, 4.69) is 24.3 Å². The van der Waals surface area contributed by atoms with E-state index in [-0.39, 0.29) is 29.1 Å². The Morgan fingerprint density at radius 2 is 1.90 bits per heavy atom. The molecule has 1 saturated carbocycles. The number of aryl methyl sites for hydroxylation is 1. The summed E-state index contributed by atoms with van der Waals surface area (Å²) < 4.78 is 5.06. The van der Waals surface area contributed by atoms with Crippen molar-refractivity contribution in [2.45, 2.75) is 53.4 Å². The molecule has 0 bridgehead atoms. The van der Waals surface area contributed by atoms with Crippen molar-refractivity contribution in [3.8, 4) is 0 Å². The molecule has 2 saturated heterocycles. The van der Waals surface area contributed by atoms with Gasteiger partial charge in [0.1, 0.15) is 5.76 Å². The number of piperidine rings is 1. The maximum Gasteiger partial charge on any atom is 0.276 e. The molecule has 3 heterocycles. The SMILES string of the molecule is CC(=O)N1C[C@H]2C3(CCN(C(=O)c4cc(C)on4)CC3)CC[C@@]2(C(=O)NCC(C)C)C1. The highest BCUT2D eigenvalue weighted by Gasteiger charge is 2.64. The van der Waals surface area contributed by atoms with E-state index in [0.29, 0.717) is 50.1 Å². The molecule has 1 N–H and O–H groups in total. The summed E-state index contributed by atoms with van der Waals surface area (Å²) in [4.78, 5) is 42.1. The average molecular weight is 431 g/mol. The van der Waals surface area contributed by atoms with Crippen molar-refractivity contribution < 1.29 is 18.9 Å². The summed E-state index contributed by atoms with van der Waals surface area (Å²) in [5.74, 6) is 1.19. The number of nitrogens with zero attached hydrogens (tertiary/aromatic N) is 3. The summed E-state index contributed by atoms with van der Waals surface area (Å²) in [6.45, 7) is 10.6. The van der Waals surface area contributed by atoms with Crippen molar-refractivity contribution in [3.63, 3.8) is 0 Å². The predicted molar refractivity (Wildman–Crippen MR) is 114 cm³/mol. The van der Waals surface area contributed by atoms with Crippen LogP contribution in [-0.2, 0) is 9.59 Å². The van der Waals surface area contributed by atoms with Crippen LogP contribution in [0.25, 0.3) is 0 Å². The van der Waals surface area contributed by atoms with Gasteiger partial charge in [0.2, 0.25) is 11.8 Å². The van der Waals surface area contributed by atoms with E-state index in [1.165, 1.54) is 0 Å². The first-order chi connectivity index (χ1) is 14.7. The van der Waals surface area contributed by atoms with Gasteiger partial charge in [-0.3, -0.25) is 14.4 Å². The number of fused-ring (bicyclic) bond motifs is 2. The normalized spacial score (nSPS) is 27.1. The monoisotopic (exact) mass is 430 g/mol. The Balaban J connectivity index is 1.51. The lowest BCUT2D eigenvalue weighted by Crippen LogP contribution is -2.50. The second kappa shape index (κ2) is 7.95. The first kappa shape index (κ1) is 21.8. The lowest BCUT2D eigenvalue weighted by atomic mass is 9.65. The molecule has 1 aromatic rings. The minimum Gasteiger partial charge on any atom is -0.361 e. The Labute approximate surface area is 183 Å². The van der Waals surface area contributed by atoms with Gasteiger partial charge >= 0.3 is 0 Å². The topological polar surface area (TPSA) is 95.8 Å². The van der Waals surface area contributed by atoms with Crippen LogP contribution < -0.4 is 5.32 Å². The van der Waals surface area contributed by atoms with E-state index >= 15 is 0 Å². The van der Waals surface area contributed by atoms with Gasteiger partial charge in [0.25, 0.3) is 5.91 Å². The summed E-state index contributed by atoms with van der Waals surface area (Å²) in [5.41, 5.74) is -0.155. The van der Waals surface area contributed by atoms with E-state index in [4.69, 9.17) is 4.52 Å². The van der Waals surface area contributed by atoms with Crippen LogP contribution in [0.15, 0.2) is 10.6 Å². The van der Waals surface area contributed by atoms with Gasteiger partial charge < -0.3 is 19.6 Å². The van der Waals surface area contributed by atoms with Crippen molar-refractivity contribution in [2.24, 2.45) is 22.7 Å². The molecule has 170 valence electrons. The van der Waals surface area contributed by atoms with Gasteiger partial charge in [0.15, 0.2) is 5.69 Å². The zero-order chi connectivity index (χ0) is 22.4. The smallest absolute Gasteiger partial charge is 0.276 e. The Morgan fingerprint density at radius 1 is 1.19 bits per heavy atom. The van der Waals surface area contributed by atoms with Crippen LogP contribution in [0.2, 0.25) is 0 Å². The molecule has 3 fully saturated rings. The zero-order valence-electron chi connectivity index (χ0n) is 19.1. The average Bonchev–Trinajstić information content (AvgIpc) is 3.41. The predicted octanol–water partition coefficient (Wildman–Crippen LogP) is 2.24. The van der Waals surface area contributed by atoms with Gasteiger partial charge in [0.05, 0.1) is 5.41 Å². The first-order valence-electron chi connectivity index (χ1n) is 11.4. The molecular formula is C23H34N4O4. The van der Waals surface area contributed by atoms with Crippen molar-refractivity contribution in [1.29, 1.82) is 0 Å². The molecule has 8 heteroatoms. The zero-order valence-corrected chi connectivity index (χ0v) is 19.1. The quantitative estimate of drug-likeness (QED) is 0.790. The number of hydrogen-bond acceptors (Lipinski definition) is 5. The third-order valence-electron chi connectivity index (χ3n) is 7.81. The number of carbonyl (C=O) groups excluding carboxylic acids is 3. The molecule has 1 aromatic heterocycles. The fraction of sp³-hybridized carbons (Fsp3) is 0.739. The summed E-state index contributed by atoms with van der Waals surface area (Å²) in [6.07, 6.45) is 3.49. The van der Waals surface area contributed by atoms with Crippen LogP contribution in [0, 0.1) is 29.6 Å². The van der Waals surface area contributed by atoms with Gasteiger partial charge in [-0.2, -0.15) is 0 Å². The van der Waals surface area contributed by atoms with Crippen LogP contribution in [-0.4, -0.2) is 65.4 Å². The summed E-state index contributed by atoms with van der Waals surface area (Å²) in [5, 5.41) is 7.03. The van der Waals surface area contributed by atoms with E-state index in [9.17, 15) is 14.4 Å². The van der Waals surface area contributed by atoms with Gasteiger partial charge in [-0.1, -0.05) is 19.0 Å². The molecule has 1 spiro atoms. The Bertz CT molecular complexity index is 871. The lowest BCUT2D eigenvalue weighted by Gasteiger charge is -2.44. The molecule has 2 aliphatic heterocycles. The van der Waals surface area contributed by atoms with Crippen molar-refractivity contribution in [1.82, 2.24) is 20.3 Å². The summed E-state index contributed by atoms with van der Waals surface area (Å²) in [7, 11) is 0. The third kappa shape index (κ3) is 3.74. The first-order valence-corrected chi connectivity index (χ1v) is 11.4. The van der Waals surface area contributed by atoms with Gasteiger partial charge in [-0.15, -0.1) is 0 Å². The van der Waals surface area contributed by atoms with Crippen molar-refractivity contribution in [2.75, 3.05) is 32.7 Å². The maximum atomic E-state index is 13.4. The molecule has 4 rings (SSSR count). The number of nitrogens with one attached hydrogen (secondary N) is 1. The van der Waals surface area contributed by atoms with E-state index in [1.54, 1.807) is 19.9 Å². The van der Waals surface area contributed by atoms with Crippen molar-refractivity contribution >= 4 is 17.7 Å². The molecule has 3 aliphatic rings. The van der Waals surface area contributed by atoms with Crippen molar-refractivity contribution in [3.05, 3.63) is 17.5 Å². The van der Waals surface area contributed by atoms with Gasteiger partial charge in [0, 0.05) is 45.7 Å². The minimum absolute atomic E-state index is 0.00408. The molecule has 2 atom stereocenters. The Hall–Kier alpha value is -2.38. The number of carbonyl (C=O) groups is 3. The number of hydrogen-bond donors (Lipinski definition) is 1. The number of amides is 3. The molecule has 0 radical (unpaired) electrons. The van der Waals surface area contributed by atoms with Gasteiger partial charge in [-0.25, -0.2) is 0 Å². The van der Waals surface area contributed by atoms with E-state index in [0.717, 1.165) is 25.7 Å².